The van der Waals surface area contributed by atoms with Gasteiger partial charge in [-0.05, 0) is 20.8 Å². The molecule has 0 bridgehead atoms. The topological polar surface area (TPSA) is 62.1 Å². The Kier molecular flexibility index (Phi) is 4.77. The van der Waals surface area contributed by atoms with E-state index < -0.39 is 0 Å². The molecule has 0 aromatic carbocycles. The van der Waals surface area contributed by atoms with Crippen molar-refractivity contribution in [2.45, 2.75) is 38.8 Å². The fourth-order valence-electron chi connectivity index (χ4n) is 1.99. The number of methoxy groups -OCH3 is 1. The van der Waals surface area contributed by atoms with E-state index in [0.29, 0.717) is 30.2 Å². The Morgan fingerprint density at radius 1 is 1.30 bits per heavy atom. The van der Waals surface area contributed by atoms with Crippen LogP contribution < -0.4 is 4.74 Å². The first-order chi connectivity index (χ1) is 9.54. The molecule has 20 heavy (non-hydrogen) atoms. The SMILES string of the molecule is COc1ncnc2c1nc(C(C)Cl)n2CCOC(C)C. The standard InChI is InChI=1S/C13H19ClN4O2/c1-8(2)20-6-5-18-11(9(3)14)17-10-12(18)15-7-16-13(10)19-4/h7-9H,5-6H2,1-4H3. The van der Waals surface area contributed by atoms with Gasteiger partial charge in [0.25, 0.3) is 0 Å². The normalized spacial score (nSPS) is 13.1. The minimum Gasteiger partial charge on any atom is -0.479 e. The molecule has 0 saturated heterocycles. The smallest absolute Gasteiger partial charge is 0.245 e. The molecule has 0 fully saturated rings. The molecule has 1 atom stereocenters. The zero-order valence-corrected chi connectivity index (χ0v) is 12.9. The summed E-state index contributed by atoms with van der Waals surface area (Å²) in [7, 11) is 1.56. The van der Waals surface area contributed by atoms with E-state index in [1.54, 1.807) is 7.11 Å². The van der Waals surface area contributed by atoms with E-state index in [-0.39, 0.29) is 11.5 Å². The fourth-order valence-corrected chi connectivity index (χ4v) is 2.15. The second-order valence-electron chi connectivity index (χ2n) is 4.71. The van der Waals surface area contributed by atoms with Crippen LogP contribution in [0, 0.1) is 0 Å². The number of fused-ring (bicyclic) bond motifs is 1. The van der Waals surface area contributed by atoms with Gasteiger partial charge >= 0.3 is 0 Å². The summed E-state index contributed by atoms with van der Waals surface area (Å²) in [6.45, 7) is 7.10. The Hall–Kier alpha value is -1.40. The van der Waals surface area contributed by atoms with Gasteiger partial charge in [0.2, 0.25) is 5.88 Å². The summed E-state index contributed by atoms with van der Waals surface area (Å²) in [5, 5.41) is -0.229. The molecule has 0 amide bonds. The molecular formula is C13H19ClN4O2. The first kappa shape index (κ1) is 15.0. The number of ether oxygens (including phenoxy) is 2. The number of halogens is 1. The molecule has 0 aliphatic carbocycles. The van der Waals surface area contributed by atoms with Crippen LogP contribution in [0.15, 0.2) is 6.33 Å². The largest absolute Gasteiger partial charge is 0.479 e. The monoisotopic (exact) mass is 298 g/mol. The average Bonchev–Trinajstić information content (AvgIpc) is 2.77. The van der Waals surface area contributed by atoms with E-state index in [1.165, 1.54) is 6.33 Å². The van der Waals surface area contributed by atoms with Gasteiger partial charge in [0.05, 0.1) is 25.2 Å². The van der Waals surface area contributed by atoms with Crippen molar-refractivity contribution in [3.05, 3.63) is 12.2 Å². The maximum absolute atomic E-state index is 6.20. The third-order valence-corrected chi connectivity index (χ3v) is 3.04. The minimum atomic E-state index is -0.229. The molecule has 0 radical (unpaired) electrons. The molecule has 1 unspecified atom stereocenters. The van der Waals surface area contributed by atoms with Crippen LogP contribution in [0.25, 0.3) is 11.2 Å². The molecular weight excluding hydrogens is 280 g/mol. The van der Waals surface area contributed by atoms with Crippen molar-refractivity contribution < 1.29 is 9.47 Å². The Balaban J connectivity index is 2.41. The maximum atomic E-state index is 6.20. The van der Waals surface area contributed by atoms with Crippen molar-refractivity contribution >= 4 is 22.8 Å². The molecule has 2 heterocycles. The lowest BCUT2D eigenvalue weighted by Crippen LogP contribution is -2.13. The van der Waals surface area contributed by atoms with Crippen molar-refractivity contribution in [2.75, 3.05) is 13.7 Å². The minimum absolute atomic E-state index is 0.186. The summed E-state index contributed by atoms with van der Waals surface area (Å²) in [5.74, 6) is 1.20. The number of alkyl halides is 1. The van der Waals surface area contributed by atoms with E-state index in [4.69, 9.17) is 21.1 Å². The Bertz CT molecular complexity index is 583. The molecule has 0 spiro atoms. The second-order valence-corrected chi connectivity index (χ2v) is 5.37. The summed E-state index contributed by atoms with van der Waals surface area (Å²) < 4.78 is 12.8. The Labute approximate surface area is 123 Å². The lowest BCUT2D eigenvalue weighted by Gasteiger charge is -2.11. The van der Waals surface area contributed by atoms with Crippen molar-refractivity contribution in [3.63, 3.8) is 0 Å². The van der Waals surface area contributed by atoms with E-state index in [1.807, 2.05) is 25.3 Å². The Morgan fingerprint density at radius 2 is 2.05 bits per heavy atom. The van der Waals surface area contributed by atoms with Crippen LogP contribution in [0.4, 0.5) is 0 Å². The quantitative estimate of drug-likeness (QED) is 0.767. The molecule has 6 nitrogen and oxygen atoms in total. The van der Waals surface area contributed by atoms with Gasteiger partial charge in [0.15, 0.2) is 11.2 Å². The predicted octanol–water partition coefficient (Wildman–Crippen LogP) is 2.56. The molecule has 0 aliphatic heterocycles. The van der Waals surface area contributed by atoms with Gasteiger partial charge in [-0.25, -0.2) is 9.97 Å². The summed E-state index contributed by atoms with van der Waals surface area (Å²) in [6.07, 6.45) is 1.65. The Morgan fingerprint density at radius 3 is 2.65 bits per heavy atom. The van der Waals surface area contributed by atoms with Gasteiger partial charge in [-0.15, -0.1) is 11.6 Å². The molecule has 0 N–H and O–H groups in total. The fraction of sp³-hybridized carbons (Fsp3) is 0.615. The van der Waals surface area contributed by atoms with Crippen LogP contribution in [0.3, 0.4) is 0 Å². The van der Waals surface area contributed by atoms with Gasteiger partial charge in [-0.2, -0.15) is 4.98 Å². The summed E-state index contributed by atoms with van der Waals surface area (Å²) in [6, 6.07) is 0. The first-order valence-electron chi connectivity index (χ1n) is 6.55. The number of imidazole rings is 1. The highest BCUT2D eigenvalue weighted by Crippen LogP contribution is 2.27. The second kappa shape index (κ2) is 6.37. The molecule has 2 aromatic heterocycles. The van der Waals surface area contributed by atoms with E-state index in [0.717, 1.165) is 5.82 Å². The van der Waals surface area contributed by atoms with E-state index in [2.05, 4.69) is 15.0 Å². The van der Waals surface area contributed by atoms with Gasteiger partial charge < -0.3 is 14.0 Å². The highest BCUT2D eigenvalue weighted by atomic mass is 35.5. The third-order valence-electron chi connectivity index (χ3n) is 2.84. The van der Waals surface area contributed by atoms with Crippen LogP contribution in [0.5, 0.6) is 5.88 Å². The third kappa shape index (κ3) is 3.02. The van der Waals surface area contributed by atoms with Crippen LogP contribution in [0.2, 0.25) is 0 Å². The van der Waals surface area contributed by atoms with Gasteiger partial charge in [-0.3, -0.25) is 0 Å². The average molecular weight is 299 g/mol. The van der Waals surface area contributed by atoms with E-state index >= 15 is 0 Å². The van der Waals surface area contributed by atoms with Crippen molar-refractivity contribution in [1.82, 2.24) is 19.5 Å². The highest BCUT2D eigenvalue weighted by Gasteiger charge is 2.19. The highest BCUT2D eigenvalue weighted by molar-refractivity contribution is 6.20. The van der Waals surface area contributed by atoms with Crippen molar-refractivity contribution in [3.8, 4) is 5.88 Å². The van der Waals surface area contributed by atoms with Crippen LogP contribution in [-0.2, 0) is 11.3 Å². The summed E-state index contributed by atoms with van der Waals surface area (Å²) >= 11 is 6.20. The molecule has 2 rings (SSSR count). The van der Waals surface area contributed by atoms with E-state index in [9.17, 15) is 0 Å². The number of nitrogens with zero attached hydrogens (tertiary/aromatic N) is 4. The number of hydrogen-bond donors (Lipinski definition) is 0. The molecule has 110 valence electrons. The van der Waals surface area contributed by atoms with Crippen LogP contribution in [-0.4, -0.2) is 39.3 Å². The molecule has 7 heteroatoms. The van der Waals surface area contributed by atoms with Gasteiger partial charge in [0.1, 0.15) is 12.2 Å². The van der Waals surface area contributed by atoms with Gasteiger partial charge in [-0.1, -0.05) is 0 Å². The summed E-state index contributed by atoms with van der Waals surface area (Å²) in [4.78, 5) is 12.9. The number of hydrogen-bond acceptors (Lipinski definition) is 5. The molecule has 0 saturated carbocycles. The maximum Gasteiger partial charge on any atom is 0.245 e. The molecule has 0 aliphatic rings. The number of rotatable bonds is 6. The lowest BCUT2D eigenvalue weighted by molar-refractivity contribution is 0.0728. The molecule has 2 aromatic rings. The van der Waals surface area contributed by atoms with Gasteiger partial charge in [0, 0.05) is 6.54 Å². The van der Waals surface area contributed by atoms with Crippen LogP contribution in [0.1, 0.15) is 32.0 Å². The van der Waals surface area contributed by atoms with Crippen molar-refractivity contribution in [2.24, 2.45) is 0 Å². The first-order valence-corrected chi connectivity index (χ1v) is 6.99. The number of aromatic nitrogens is 4. The summed E-state index contributed by atoms with van der Waals surface area (Å²) in [5.41, 5.74) is 1.34. The zero-order chi connectivity index (χ0) is 14.7. The zero-order valence-electron chi connectivity index (χ0n) is 12.1. The predicted molar refractivity (Wildman–Crippen MR) is 77.2 cm³/mol. The van der Waals surface area contributed by atoms with Crippen LogP contribution >= 0.6 is 11.6 Å². The lowest BCUT2D eigenvalue weighted by atomic mass is 10.4. The van der Waals surface area contributed by atoms with Crippen molar-refractivity contribution in [1.29, 1.82) is 0 Å².